The van der Waals surface area contributed by atoms with Crippen LogP contribution in [0.4, 0.5) is 11.4 Å². The molecule has 0 saturated heterocycles. The zero-order valence-electron chi connectivity index (χ0n) is 12.1. The number of amides is 2. The molecule has 0 spiro atoms. The molecule has 0 aliphatic carbocycles. The van der Waals surface area contributed by atoms with Gasteiger partial charge in [0.25, 0.3) is 5.91 Å². The van der Waals surface area contributed by atoms with Crippen molar-refractivity contribution in [3.8, 4) is 5.75 Å². The number of nitrogens with zero attached hydrogens (tertiary/aromatic N) is 1. The number of fused-ring (bicyclic) bond motifs is 1. The summed E-state index contributed by atoms with van der Waals surface area (Å²) in [5, 5.41) is 2.70. The van der Waals surface area contributed by atoms with E-state index in [-0.39, 0.29) is 18.4 Å². The Balaban J connectivity index is 2.27. The third kappa shape index (κ3) is 3.22. The van der Waals surface area contributed by atoms with Crippen molar-refractivity contribution in [3.63, 3.8) is 0 Å². The highest BCUT2D eigenvalue weighted by Gasteiger charge is 2.30. The number of carbonyl (C=O) groups excluding carboxylic acids is 2. The Morgan fingerprint density at radius 3 is 3.00 bits per heavy atom. The molecule has 1 aromatic rings. The molecule has 0 bridgehead atoms. The third-order valence-electron chi connectivity index (χ3n) is 3.04. The Morgan fingerprint density at radius 2 is 2.33 bits per heavy atom. The van der Waals surface area contributed by atoms with Gasteiger partial charge in [0.2, 0.25) is 5.91 Å². The second-order valence-corrected chi connectivity index (χ2v) is 4.66. The van der Waals surface area contributed by atoms with E-state index < -0.39 is 6.10 Å². The second-order valence-electron chi connectivity index (χ2n) is 4.66. The van der Waals surface area contributed by atoms with Crippen LogP contribution in [0.1, 0.15) is 6.92 Å². The van der Waals surface area contributed by atoms with Crippen LogP contribution in [-0.4, -0.2) is 38.2 Å². The fourth-order valence-electron chi connectivity index (χ4n) is 2.13. The molecule has 0 saturated carbocycles. The molecule has 0 aromatic heterocycles. The lowest BCUT2D eigenvalue weighted by Gasteiger charge is -2.32. The van der Waals surface area contributed by atoms with E-state index in [1.54, 1.807) is 36.1 Å². The second kappa shape index (κ2) is 6.41. The maximum atomic E-state index is 12.1. The van der Waals surface area contributed by atoms with Gasteiger partial charge in [0.1, 0.15) is 12.4 Å². The van der Waals surface area contributed by atoms with Gasteiger partial charge in [0, 0.05) is 25.4 Å². The first-order chi connectivity index (χ1) is 10.1. The number of anilines is 2. The topological polar surface area (TPSA) is 67.9 Å². The van der Waals surface area contributed by atoms with Gasteiger partial charge in [-0.3, -0.25) is 9.59 Å². The Morgan fingerprint density at radius 1 is 1.57 bits per heavy atom. The maximum absolute atomic E-state index is 12.1. The standard InChI is InChI=1S/C15H18N2O4/c1-4-7-17-12-6-5-11(16-14(18)9-20-3)8-13(12)21-10(2)15(17)19/h4-6,8,10H,1,7,9H2,2-3H3,(H,16,18). The van der Waals surface area contributed by atoms with Crippen molar-refractivity contribution in [2.75, 3.05) is 30.5 Å². The molecule has 1 aliphatic heterocycles. The van der Waals surface area contributed by atoms with Gasteiger partial charge in [-0.25, -0.2) is 0 Å². The summed E-state index contributed by atoms with van der Waals surface area (Å²) in [4.78, 5) is 25.2. The number of ether oxygens (including phenoxy) is 2. The summed E-state index contributed by atoms with van der Waals surface area (Å²) in [6.07, 6.45) is 1.09. The van der Waals surface area contributed by atoms with Gasteiger partial charge in [0.15, 0.2) is 6.10 Å². The summed E-state index contributed by atoms with van der Waals surface area (Å²) < 4.78 is 10.4. The molecule has 1 unspecified atom stereocenters. The molecule has 2 amide bonds. The highest BCUT2D eigenvalue weighted by atomic mass is 16.5. The fraction of sp³-hybridized carbons (Fsp3) is 0.333. The van der Waals surface area contributed by atoms with Crippen molar-refractivity contribution < 1.29 is 19.1 Å². The van der Waals surface area contributed by atoms with Gasteiger partial charge >= 0.3 is 0 Å². The van der Waals surface area contributed by atoms with E-state index in [4.69, 9.17) is 9.47 Å². The first-order valence-electron chi connectivity index (χ1n) is 6.58. The van der Waals surface area contributed by atoms with Gasteiger partial charge in [-0.2, -0.15) is 0 Å². The molecular weight excluding hydrogens is 272 g/mol. The number of methoxy groups -OCH3 is 1. The summed E-state index contributed by atoms with van der Waals surface area (Å²) in [6, 6.07) is 5.15. The van der Waals surface area contributed by atoms with E-state index in [0.29, 0.717) is 23.7 Å². The highest BCUT2D eigenvalue weighted by molar-refractivity contribution is 6.01. The van der Waals surface area contributed by atoms with Crippen LogP contribution < -0.4 is 15.0 Å². The molecule has 1 heterocycles. The molecule has 21 heavy (non-hydrogen) atoms. The lowest BCUT2D eigenvalue weighted by Crippen LogP contribution is -2.44. The first-order valence-corrected chi connectivity index (χ1v) is 6.58. The zero-order valence-corrected chi connectivity index (χ0v) is 12.1. The molecule has 1 aromatic carbocycles. The zero-order chi connectivity index (χ0) is 15.4. The Kier molecular flexibility index (Phi) is 4.59. The third-order valence-corrected chi connectivity index (χ3v) is 3.04. The normalized spacial score (nSPS) is 17.0. The highest BCUT2D eigenvalue weighted by Crippen LogP contribution is 2.36. The summed E-state index contributed by atoms with van der Waals surface area (Å²) in [6.45, 7) is 5.74. The van der Waals surface area contributed by atoms with Gasteiger partial charge in [-0.1, -0.05) is 6.08 Å². The number of carbonyl (C=O) groups is 2. The van der Waals surface area contributed by atoms with Crippen LogP contribution in [0.15, 0.2) is 30.9 Å². The lowest BCUT2D eigenvalue weighted by atomic mass is 10.1. The smallest absolute Gasteiger partial charge is 0.268 e. The van der Waals surface area contributed by atoms with E-state index in [1.807, 2.05) is 0 Å². The Labute approximate surface area is 123 Å². The van der Waals surface area contributed by atoms with Crippen molar-refractivity contribution in [2.45, 2.75) is 13.0 Å². The molecule has 112 valence electrons. The van der Waals surface area contributed by atoms with Crippen LogP contribution in [0.5, 0.6) is 5.75 Å². The molecule has 6 heteroatoms. The Bertz CT molecular complexity index is 571. The minimum Gasteiger partial charge on any atom is -0.479 e. The summed E-state index contributed by atoms with van der Waals surface area (Å²) >= 11 is 0. The predicted octanol–water partition coefficient (Wildman–Crippen LogP) is 1.57. The SMILES string of the molecule is C=CCN1C(=O)C(C)Oc2cc(NC(=O)COC)ccc21. The summed E-state index contributed by atoms with van der Waals surface area (Å²) in [5.41, 5.74) is 1.26. The van der Waals surface area contributed by atoms with Gasteiger partial charge in [0.05, 0.1) is 5.69 Å². The fourth-order valence-corrected chi connectivity index (χ4v) is 2.13. The van der Waals surface area contributed by atoms with Crippen molar-refractivity contribution in [1.29, 1.82) is 0 Å². The number of nitrogens with one attached hydrogen (secondary N) is 1. The van der Waals surface area contributed by atoms with Crippen molar-refractivity contribution >= 4 is 23.2 Å². The van der Waals surface area contributed by atoms with Gasteiger partial charge < -0.3 is 19.7 Å². The lowest BCUT2D eigenvalue weighted by molar-refractivity contribution is -0.125. The molecule has 1 N–H and O–H groups in total. The number of hydrogen-bond acceptors (Lipinski definition) is 4. The van der Waals surface area contributed by atoms with E-state index in [0.717, 1.165) is 0 Å². The van der Waals surface area contributed by atoms with E-state index in [2.05, 4.69) is 11.9 Å². The first kappa shape index (κ1) is 15.1. The van der Waals surface area contributed by atoms with Gasteiger partial charge in [-0.05, 0) is 19.1 Å². The average Bonchev–Trinajstić information content (AvgIpc) is 2.44. The van der Waals surface area contributed by atoms with Crippen LogP contribution in [0.25, 0.3) is 0 Å². The molecule has 0 fully saturated rings. The minimum absolute atomic E-state index is 0.0184. The molecular formula is C15H18N2O4. The Hall–Kier alpha value is -2.34. The number of benzene rings is 1. The quantitative estimate of drug-likeness (QED) is 0.836. The van der Waals surface area contributed by atoms with Crippen LogP contribution >= 0.6 is 0 Å². The maximum Gasteiger partial charge on any atom is 0.268 e. The van der Waals surface area contributed by atoms with Crippen LogP contribution in [-0.2, 0) is 14.3 Å². The van der Waals surface area contributed by atoms with Crippen molar-refractivity contribution in [3.05, 3.63) is 30.9 Å². The predicted molar refractivity (Wildman–Crippen MR) is 79.6 cm³/mol. The van der Waals surface area contributed by atoms with E-state index in [9.17, 15) is 9.59 Å². The van der Waals surface area contributed by atoms with Crippen molar-refractivity contribution in [1.82, 2.24) is 0 Å². The van der Waals surface area contributed by atoms with Crippen LogP contribution in [0, 0.1) is 0 Å². The molecule has 1 atom stereocenters. The van der Waals surface area contributed by atoms with E-state index in [1.165, 1.54) is 7.11 Å². The largest absolute Gasteiger partial charge is 0.479 e. The van der Waals surface area contributed by atoms with E-state index >= 15 is 0 Å². The van der Waals surface area contributed by atoms with Crippen LogP contribution in [0.3, 0.4) is 0 Å². The molecule has 2 rings (SSSR count). The molecule has 1 aliphatic rings. The number of rotatable bonds is 5. The molecule has 0 radical (unpaired) electrons. The van der Waals surface area contributed by atoms with Crippen LogP contribution in [0.2, 0.25) is 0 Å². The summed E-state index contributed by atoms with van der Waals surface area (Å²) in [7, 11) is 1.45. The monoisotopic (exact) mass is 290 g/mol. The van der Waals surface area contributed by atoms with Gasteiger partial charge in [-0.15, -0.1) is 6.58 Å². The average molecular weight is 290 g/mol. The summed E-state index contributed by atoms with van der Waals surface area (Å²) in [5.74, 6) is 0.193. The number of hydrogen-bond donors (Lipinski definition) is 1. The van der Waals surface area contributed by atoms with Crippen molar-refractivity contribution in [2.24, 2.45) is 0 Å². The minimum atomic E-state index is -0.567. The molecule has 6 nitrogen and oxygen atoms in total.